The minimum atomic E-state index is -0.416. The zero-order valence-electron chi connectivity index (χ0n) is 19.0. The van der Waals surface area contributed by atoms with Gasteiger partial charge in [0.2, 0.25) is 5.91 Å². The highest BCUT2D eigenvalue weighted by Crippen LogP contribution is 2.36. The zero-order chi connectivity index (χ0) is 25.1. The van der Waals surface area contributed by atoms with Crippen LogP contribution in [0.15, 0.2) is 64.8 Å². The molecule has 0 unspecified atom stereocenters. The molecule has 35 heavy (non-hydrogen) atoms. The molecule has 0 saturated carbocycles. The maximum absolute atomic E-state index is 12.9. The third kappa shape index (κ3) is 5.10. The van der Waals surface area contributed by atoms with E-state index >= 15 is 0 Å². The van der Waals surface area contributed by atoms with E-state index in [2.05, 4.69) is 15.5 Å². The Morgan fingerprint density at radius 1 is 1.23 bits per heavy atom. The maximum atomic E-state index is 12.9. The normalized spacial score (nSPS) is 11.2. The second-order valence-corrected chi connectivity index (χ2v) is 8.12. The van der Waals surface area contributed by atoms with Crippen molar-refractivity contribution in [2.75, 3.05) is 17.4 Å². The Kier molecular flexibility index (Phi) is 6.71. The Balaban J connectivity index is 1.63. The average Bonchev–Trinajstić information content (AvgIpc) is 3.19. The number of hydrogen-bond donors (Lipinski definition) is 3. The molecule has 180 valence electrons. The van der Waals surface area contributed by atoms with Crippen molar-refractivity contribution in [2.24, 2.45) is 23.8 Å². The number of anilines is 2. The number of carbonyl (C=O) groups is 1. The van der Waals surface area contributed by atoms with Crippen molar-refractivity contribution in [1.82, 2.24) is 14.3 Å². The van der Waals surface area contributed by atoms with Gasteiger partial charge in [0.05, 0.1) is 24.5 Å². The molecule has 0 aliphatic rings. The molecule has 4 aromatic rings. The number of ether oxygens (including phenoxy) is 1. The molecule has 0 fully saturated rings. The first kappa shape index (κ1) is 23.8. The summed E-state index contributed by atoms with van der Waals surface area (Å²) in [5, 5.41) is 13.1. The number of aryl methyl sites for hydroxylation is 1. The molecule has 11 nitrogen and oxygen atoms in total. The Bertz CT molecular complexity index is 1490. The highest BCUT2D eigenvalue weighted by molar-refractivity contribution is 6.31. The highest BCUT2D eigenvalue weighted by atomic mass is 35.5. The van der Waals surface area contributed by atoms with Gasteiger partial charge in [-0.05, 0) is 36.4 Å². The van der Waals surface area contributed by atoms with E-state index in [4.69, 9.17) is 28.0 Å². The van der Waals surface area contributed by atoms with Crippen LogP contribution in [0.3, 0.4) is 0 Å². The van der Waals surface area contributed by atoms with Gasteiger partial charge in [-0.2, -0.15) is 10.2 Å². The predicted molar refractivity (Wildman–Crippen MR) is 136 cm³/mol. The quantitative estimate of drug-likeness (QED) is 0.154. The second-order valence-electron chi connectivity index (χ2n) is 7.68. The summed E-state index contributed by atoms with van der Waals surface area (Å²) in [5.74, 6) is 11.2. The number of hydrazine groups is 1. The minimum Gasteiger partial charge on any atom is -0.495 e. The molecular weight excluding hydrogens is 472 g/mol. The summed E-state index contributed by atoms with van der Waals surface area (Å²) in [6.07, 6.45) is 4.53. The van der Waals surface area contributed by atoms with Gasteiger partial charge in [0, 0.05) is 46.5 Å². The fourth-order valence-electron chi connectivity index (χ4n) is 3.71. The molecule has 0 aliphatic heterocycles. The van der Waals surface area contributed by atoms with Crippen LogP contribution in [0.25, 0.3) is 22.0 Å². The van der Waals surface area contributed by atoms with Gasteiger partial charge in [0.15, 0.2) is 0 Å². The largest absolute Gasteiger partial charge is 0.495 e. The van der Waals surface area contributed by atoms with Crippen LogP contribution in [0, 0.1) is 0 Å². The van der Waals surface area contributed by atoms with Crippen molar-refractivity contribution >= 4 is 46.1 Å². The SMILES string of the molecule is COc1cn(CC(=O)Nc2ccc3nn(C)cc3c2)c(=O)cc1-c1cc(Cl)ccc1N(N)/C=N\N. The van der Waals surface area contributed by atoms with E-state index < -0.39 is 5.56 Å². The van der Waals surface area contributed by atoms with Crippen molar-refractivity contribution in [3.05, 3.63) is 70.2 Å². The van der Waals surface area contributed by atoms with Crippen LogP contribution in [0.5, 0.6) is 5.75 Å². The standard InChI is InChI=1S/C23H23ClN8O3/c1-30-10-14-7-16(4-5-19(14)29-30)28-22(33)12-31-11-21(35-2)18(9-23(31)34)17-8-15(24)3-6-20(17)32(26)13-27-25/h3-11,13H,12,25-26H2,1-2H3,(H,28,33)/b27-13-. The topological polar surface area (TPSA) is 146 Å². The van der Waals surface area contributed by atoms with E-state index in [9.17, 15) is 9.59 Å². The first-order valence-corrected chi connectivity index (χ1v) is 10.8. The van der Waals surface area contributed by atoms with E-state index in [1.807, 2.05) is 25.4 Å². The van der Waals surface area contributed by atoms with Gasteiger partial charge in [-0.25, -0.2) is 5.84 Å². The summed E-state index contributed by atoms with van der Waals surface area (Å²) in [4.78, 5) is 25.6. The van der Waals surface area contributed by atoms with Gasteiger partial charge in [0.25, 0.3) is 5.56 Å². The molecule has 2 aromatic carbocycles. The molecule has 0 saturated heterocycles. The molecular formula is C23H23ClN8O3. The molecule has 0 radical (unpaired) electrons. The predicted octanol–water partition coefficient (Wildman–Crippen LogP) is 2.28. The molecule has 2 heterocycles. The van der Waals surface area contributed by atoms with Crippen LogP contribution in [-0.4, -0.2) is 33.7 Å². The number of hydrogen-bond acceptors (Lipinski definition) is 7. The van der Waals surface area contributed by atoms with Crippen molar-refractivity contribution in [3.63, 3.8) is 0 Å². The first-order valence-electron chi connectivity index (χ1n) is 10.4. The van der Waals surface area contributed by atoms with Crippen molar-refractivity contribution in [1.29, 1.82) is 0 Å². The van der Waals surface area contributed by atoms with Crippen LogP contribution in [0.1, 0.15) is 0 Å². The number of nitrogens with one attached hydrogen (secondary N) is 1. The van der Waals surface area contributed by atoms with Crippen molar-refractivity contribution < 1.29 is 9.53 Å². The van der Waals surface area contributed by atoms with Crippen LogP contribution in [0.2, 0.25) is 5.02 Å². The number of aromatic nitrogens is 3. The van der Waals surface area contributed by atoms with Gasteiger partial charge in [-0.1, -0.05) is 11.6 Å². The van der Waals surface area contributed by atoms with Gasteiger partial charge >= 0.3 is 0 Å². The number of hydrazone groups is 1. The summed E-state index contributed by atoms with van der Waals surface area (Å²) in [6.45, 7) is -0.216. The number of pyridine rings is 1. The summed E-state index contributed by atoms with van der Waals surface area (Å²) in [6, 6.07) is 11.7. The van der Waals surface area contributed by atoms with Gasteiger partial charge in [-0.3, -0.25) is 19.3 Å². The van der Waals surface area contributed by atoms with Crippen LogP contribution in [0.4, 0.5) is 11.4 Å². The molecule has 0 aliphatic carbocycles. The second kappa shape index (κ2) is 9.87. The van der Waals surface area contributed by atoms with Gasteiger partial charge in [-0.15, -0.1) is 0 Å². The number of carbonyl (C=O) groups excluding carboxylic acids is 1. The lowest BCUT2D eigenvalue weighted by Crippen LogP contribution is -2.30. The maximum Gasteiger partial charge on any atom is 0.251 e. The van der Waals surface area contributed by atoms with Gasteiger partial charge in [0.1, 0.15) is 18.6 Å². The molecule has 4 rings (SSSR count). The van der Waals surface area contributed by atoms with E-state index in [1.165, 1.54) is 35.3 Å². The molecule has 5 N–H and O–H groups in total. The Morgan fingerprint density at radius 2 is 2.03 bits per heavy atom. The first-order chi connectivity index (χ1) is 16.8. The smallest absolute Gasteiger partial charge is 0.251 e. The molecule has 0 spiro atoms. The summed E-state index contributed by atoms with van der Waals surface area (Å²) in [5.41, 5.74) is 2.45. The average molecular weight is 495 g/mol. The van der Waals surface area contributed by atoms with E-state index in [1.54, 1.807) is 28.9 Å². The summed E-state index contributed by atoms with van der Waals surface area (Å²) >= 11 is 6.20. The number of nitrogens with two attached hydrogens (primary N) is 2. The fraction of sp³-hybridized carbons (Fsp3) is 0.130. The Morgan fingerprint density at radius 3 is 2.77 bits per heavy atom. The third-order valence-corrected chi connectivity index (χ3v) is 5.48. The number of amides is 1. The summed E-state index contributed by atoms with van der Waals surface area (Å²) < 4.78 is 8.47. The van der Waals surface area contributed by atoms with E-state index in [-0.39, 0.29) is 12.5 Å². The zero-order valence-corrected chi connectivity index (χ0v) is 19.7. The number of halogens is 1. The summed E-state index contributed by atoms with van der Waals surface area (Å²) in [7, 11) is 3.29. The molecule has 2 aromatic heterocycles. The Hall–Kier alpha value is -4.35. The molecule has 0 bridgehead atoms. The number of benzene rings is 2. The van der Waals surface area contributed by atoms with Gasteiger partial charge < -0.3 is 20.5 Å². The number of methoxy groups -OCH3 is 1. The number of rotatable bonds is 7. The lowest BCUT2D eigenvalue weighted by atomic mass is 10.0. The molecule has 1 amide bonds. The number of nitrogens with zero attached hydrogens (tertiary/aromatic N) is 5. The van der Waals surface area contributed by atoms with Crippen LogP contribution < -0.4 is 32.3 Å². The lowest BCUT2D eigenvalue weighted by Gasteiger charge is -2.19. The van der Waals surface area contributed by atoms with E-state index in [0.29, 0.717) is 33.3 Å². The lowest BCUT2D eigenvalue weighted by molar-refractivity contribution is -0.116. The third-order valence-electron chi connectivity index (χ3n) is 5.24. The van der Waals surface area contributed by atoms with E-state index in [0.717, 1.165) is 10.9 Å². The monoisotopic (exact) mass is 494 g/mol. The van der Waals surface area contributed by atoms with Crippen molar-refractivity contribution in [2.45, 2.75) is 6.54 Å². The highest BCUT2D eigenvalue weighted by Gasteiger charge is 2.17. The Labute approximate surface area is 205 Å². The molecule has 0 atom stereocenters. The minimum absolute atomic E-state index is 0.216. The van der Waals surface area contributed by atoms with Crippen LogP contribution in [-0.2, 0) is 18.4 Å². The fourth-order valence-corrected chi connectivity index (χ4v) is 3.89. The number of fused-ring (bicyclic) bond motifs is 1. The van der Waals surface area contributed by atoms with Crippen molar-refractivity contribution in [3.8, 4) is 16.9 Å². The molecule has 12 heteroatoms. The van der Waals surface area contributed by atoms with Crippen LogP contribution >= 0.6 is 11.6 Å².